The summed E-state index contributed by atoms with van der Waals surface area (Å²) in [5, 5.41) is 0. The Morgan fingerprint density at radius 3 is 1.29 bits per heavy atom. The van der Waals surface area contributed by atoms with Crippen molar-refractivity contribution in [2.24, 2.45) is 0 Å². The third-order valence-corrected chi connectivity index (χ3v) is 6.20. The fraction of sp³-hybridized carbons (Fsp3) is 0.421. The standard InChI is InChI=1S/C19H22N6O3/c1-3-9-20-15(26)21(10-4-2)19-18(20)22-11-5-6-12-23(18)17(28)25(19)14-8-7-13-24(19)16(22)27/h3-8H,1-2,9-14H2. The quantitative estimate of drug-likeness (QED) is 0.682. The molecule has 0 aromatic rings. The molecule has 0 atom stereocenters. The molecule has 0 unspecified atom stereocenters. The average Bonchev–Trinajstić information content (AvgIpc) is 2.96. The second kappa shape index (κ2) is 5.40. The lowest BCUT2D eigenvalue weighted by atomic mass is 10.1. The van der Waals surface area contributed by atoms with Gasteiger partial charge in [-0.1, -0.05) is 36.5 Å². The lowest BCUT2D eigenvalue weighted by Gasteiger charge is -2.47. The van der Waals surface area contributed by atoms with E-state index in [1.54, 1.807) is 41.6 Å². The average molecular weight is 382 g/mol. The van der Waals surface area contributed by atoms with Gasteiger partial charge in [0.25, 0.3) is 11.6 Å². The number of amides is 6. The highest BCUT2D eigenvalue weighted by Gasteiger charge is 2.88. The van der Waals surface area contributed by atoms with Crippen molar-refractivity contribution in [3.05, 3.63) is 49.6 Å². The zero-order chi connectivity index (χ0) is 19.7. The Bertz CT molecular complexity index is 760. The molecule has 0 bridgehead atoms. The van der Waals surface area contributed by atoms with Gasteiger partial charge in [0.15, 0.2) is 0 Å². The van der Waals surface area contributed by atoms with Gasteiger partial charge in [-0.25, -0.2) is 14.4 Å². The first kappa shape index (κ1) is 16.9. The monoisotopic (exact) mass is 382 g/mol. The lowest BCUT2D eigenvalue weighted by Crippen LogP contribution is -2.73. The molecule has 9 heteroatoms. The van der Waals surface area contributed by atoms with E-state index >= 15 is 0 Å². The topological polar surface area (TPSA) is 70.7 Å². The van der Waals surface area contributed by atoms with E-state index in [9.17, 15) is 14.4 Å². The number of urea groups is 3. The highest BCUT2D eigenvalue weighted by atomic mass is 16.2. The van der Waals surface area contributed by atoms with Gasteiger partial charge in [0.2, 0.25) is 0 Å². The summed E-state index contributed by atoms with van der Waals surface area (Å²) in [6.45, 7) is 9.33. The van der Waals surface area contributed by atoms with Crippen molar-refractivity contribution in [2.45, 2.75) is 11.6 Å². The van der Waals surface area contributed by atoms with Crippen LogP contribution in [0.2, 0.25) is 0 Å². The van der Waals surface area contributed by atoms with Crippen LogP contribution in [0.3, 0.4) is 0 Å². The Balaban J connectivity index is 1.88. The maximum absolute atomic E-state index is 13.6. The van der Waals surface area contributed by atoms with Crippen molar-refractivity contribution in [2.75, 3.05) is 39.3 Å². The summed E-state index contributed by atoms with van der Waals surface area (Å²) in [5.74, 6) is -2.52. The van der Waals surface area contributed by atoms with Gasteiger partial charge in [-0.15, -0.1) is 13.2 Å². The van der Waals surface area contributed by atoms with Gasteiger partial charge in [-0.2, -0.15) is 0 Å². The number of carbonyl (C=O) groups excluding carboxylic acids is 3. The Morgan fingerprint density at radius 1 is 0.679 bits per heavy atom. The van der Waals surface area contributed by atoms with Crippen LogP contribution in [0.15, 0.2) is 49.6 Å². The minimum Gasteiger partial charge on any atom is -0.274 e. The van der Waals surface area contributed by atoms with Gasteiger partial charge in [0, 0.05) is 39.3 Å². The molecule has 6 amide bonds. The summed E-state index contributed by atoms with van der Waals surface area (Å²) in [5.41, 5.74) is 0. The molecule has 146 valence electrons. The van der Waals surface area contributed by atoms with Crippen molar-refractivity contribution in [1.29, 1.82) is 0 Å². The van der Waals surface area contributed by atoms with Crippen molar-refractivity contribution in [3.8, 4) is 0 Å². The molecule has 9 nitrogen and oxygen atoms in total. The van der Waals surface area contributed by atoms with Crippen LogP contribution < -0.4 is 0 Å². The molecule has 5 heterocycles. The zero-order valence-electron chi connectivity index (χ0n) is 15.5. The molecule has 28 heavy (non-hydrogen) atoms. The van der Waals surface area contributed by atoms with E-state index in [-0.39, 0.29) is 31.2 Å². The Hall–Kier alpha value is -3.23. The normalized spacial score (nSPS) is 32.8. The van der Waals surface area contributed by atoms with Crippen LogP contribution in [0.5, 0.6) is 0 Å². The molecule has 0 aliphatic carbocycles. The van der Waals surface area contributed by atoms with Crippen molar-refractivity contribution in [3.63, 3.8) is 0 Å². The number of carbonyl (C=O) groups is 3. The number of hydrogen-bond acceptors (Lipinski definition) is 3. The molecule has 0 saturated carbocycles. The molecule has 0 N–H and O–H groups in total. The molecule has 3 fully saturated rings. The third kappa shape index (κ3) is 1.47. The molecule has 5 rings (SSSR count). The minimum atomic E-state index is -1.26. The van der Waals surface area contributed by atoms with E-state index in [4.69, 9.17) is 0 Å². The predicted molar refractivity (Wildman–Crippen MR) is 101 cm³/mol. The first-order chi connectivity index (χ1) is 13.6. The van der Waals surface area contributed by atoms with Crippen LogP contribution >= 0.6 is 0 Å². The second-order valence-corrected chi connectivity index (χ2v) is 7.30. The van der Waals surface area contributed by atoms with E-state index in [2.05, 4.69) is 13.2 Å². The molecular weight excluding hydrogens is 360 g/mol. The van der Waals surface area contributed by atoms with Crippen molar-refractivity contribution < 1.29 is 14.4 Å². The van der Waals surface area contributed by atoms with Gasteiger partial charge < -0.3 is 0 Å². The van der Waals surface area contributed by atoms with Crippen LogP contribution in [0.25, 0.3) is 0 Å². The summed E-state index contributed by atoms with van der Waals surface area (Å²) in [6, 6.07) is -0.638. The first-order valence-electron chi connectivity index (χ1n) is 9.38. The zero-order valence-corrected chi connectivity index (χ0v) is 15.5. The summed E-state index contributed by atoms with van der Waals surface area (Å²) in [7, 11) is 0. The number of hydrogen-bond donors (Lipinski definition) is 0. The lowest BCUT2D eigenvalue weighted by molar-refractivity contribution is -0.140. The van der Waals surface area contributed by atoms with Gasteiger partial charge >= 0.3 is 18.1 Å². The largest absolute Gasteiger partial charge is 0.327 e. The highest BCUT2D eigenvalue weighted by molar-refractivity contribution is 5.95. The fourth-order valence-corrected chi connectivity index (χ4v) is 5.41. The van der Waals surface area contributed by atoms with E-state index in [1.165, 1.54) is 0 Å². The Morgan fingerprint density at radius 2 is 1.00 bits per heavy atom. The molecular formula is C19H22N6O3. The molecule has 3 saturated heterocycles. The van der Waals surface area contributed by atoms with E-state index in [0.717, 1.165) is 0 Å². The van der Waals surface area contributed by atoms with Gasteiger partial charge in [-0.3, -0.25) is 29.4 Å². The summed E-state index contributed by atoms with van der Waals surface area (Å²) < 4.78 is 0. The van der Waals surface area contributed by atoms with Crippen molar-refractivity contribution >= 4 is 18.1 Å². The number of nitrogens with zero attached hydrogens (tertiary/aromatic N) is 6. The molecule has 0 radical (unpaired) electrons. The van der Waals surface area contributed by atoms with Crippen LogP contribution in [-0.2, 0) is 0 Å². The Labute approximate surface area is 163 Å². The van der Waals surface area contributed by atoms with Gasteiger partial charge in [-0.05, 0) is 0 Å². The SMILES string of the molecule is C=CCN1C(=O)N(CC=C)C23N4CC=CCN2C(=O)N2CC=CCN(C4=O)C123. The third-order valence-electron chi connectivity index (χ3n) is 6.20. The van der Waals surface area contributed by atoms with Crippen LogP contribution in [-0.4, -0.2) is 98.3 Å². The maximum atomic E-state index is 13.6. The highest BCUT2D eigenvalue weighted by Crippen LogP contribution is 2.59. The Kier molecular flexibility index (Phi) is 3.26. The smallest absolute Gasteiger partial charge is 0.274 e. The molecule has 5 aliphatic heterocycles. The predicted octanol–water partition coefficient (Wildman–Crippen LogP) is 1.02. The summed E-state index contributed by atoms with van der Waals surface area (Å²) in [6.07, 6.45) is 10.8. The van der Waals surface area contributed by atoms with Crippen LogP contribution in [0.4, 0.5) is 14.4 Å². The fourth-order valence-electron chi connectivity index (χ4n) is 5.41. The van der Waals surface area contributed by atoms with E-state index in [0.29, 0.717) is 26.2 Å². The summed E-state index contributed by atoms with van der Waals surface area (Å²) >= 11 is 0. The molecule has 5 aliphatic rings. The summed E-state index contributed by atoms with van der Waals surface area (Å²) in [4.78, 5) is 50.5. The molecule has 0 aromatic carbocycles. The van der Waals surface area contributed by atoms with Crippen molar-refractivity contribution in [1.82, 2.24) is 29.4 Å². The second-order valence-electron chi connectivity index (χ2n) is 7.30. The maximum Gasteiger partial charge on any atom is 0.327 e. The number of rotatable bonds is 4. The van der Waals surface area contributed by atoms with Crippen LogP contribution in [0.1, 0.15) is 0 Å². The minimum absolute atomic E-state index is 0.198. The van der Waals surface area contributed by atoms with Gasteiger partial charge in [0.05, 0.1) is 0 Å². The molecule has 0 aromatic heterocycles. The first-order valence-corrected chi connectivity index (χ1v) is 9.38. The van der Waals surface area contributed by atoms with E-state index in [1.807, 2.05) is 24.3 Å². The van der Waals surface area contributed by atoms with E-state index < -0.39 is 11.6 Å². The molecule has 2 spiro atoms. The van der Waals surface area contributed by atoms with Gasteiger partial charge in [0.1, 0.15) is 0 Å². The van der Waals surface area contributed by atoms with Crippen LogP contribution in [0, 0.1) is 0 Å².